The van der Waals surface area contributed by atoms with E-state index < -0.39 is 5.91 Å². The van der Waals surface area contributed by atoms with E-state index >= 15 is 0 Å². The molecule has 26 heavy (non-hydrogen) atoms. The molecule has 1 heterocycles. The smallest absolute Gasteiger partial charge is 0.237 e. The van der Waals surface area contributed by atoms with Gasteiger partial charge in [-0.05, 0) is 29.8 Å². The summed E-state index contributed by atoms with van der Waals surface area (Å²) in [6.07, 6.45) is 0.252. The zero-order chi connectivity index (χ0) is 18.7. The second kappa shape index (κ2) is 7.70. The summed E-state index contributed by atoms with van der Waals surface area (Å²) in [6.45, 7) is -0.130. The first-order valence-corrected chi connectivity index (χ1v) is 8.97. The van der Waals surface area contributed by atoms with Crippen LogP contribution in [-0.4, -0.2) is 32.6 Å². The first-order valence-electron chi connectivity index (χ1n) is 8.09. The minimum Gasteiger partial charge on any atom is -0.493 e. The maximum Gasteiger partial charge on any atom is 0.237 e. The lowest BCUT2D eigenvalue weighted by Gasteiger charge is -2.20. The van der Waals surface area contributed by atoms with Crippen molar-refractivity contribution < 1.29 is 19.1 Å². The number of rotatable bonds is 5. The number of hydrogen-bond donors (Lipinski definition) is 1. The molecule has 7 heteroatoms. The number of carbonyl (C=O) groups is 2. The van der Waals surface area contributed by atoms with E-state index in [1.165, 1.54) is 4.90 Å². The standard InChI is InChI=1S/C19H20N2O4S/c1-24-14-8-7-12(9-15(14)25-2)17-10-19(23)21(11-18(20)22)13-5-3-4-6-16(13)26-17/h3-9,17H,10-11H2,1-2H3,(H2,20,22). The van der Waals surface area contributed by atoms with Gasteiger partial charge in [0.25, 0.3) is 0 Å². The van der Waals surface area contributed by atoms with E-state index in [2.05, 4.69) is 0 Å². The van der Waals surface area contributed by atoms with Gasteiger partial charge in [0.15, 0.2) is 11.5 Å². The predicted octanol–water partition coefficient (Wildman–Crippen LogP) is 2.76. The number of fused-ring (bicyclic) bond motifs is 1. The molecule has 0 aromatic heterocycles. The Morgan fingerprint density at radius 3 is 2.62 bits per heavy atom. The Labute approximate surface area is 156 Å². The van der Waals surface area contributed by atoms with Crippen LogP contribution in [0.25, 0.3) is 0 Å². The average Bonchev–Trinajstić information content (AvgIpc) is 2.78. The quantitative estimate of drug-likeness (QED) is 0.873. The Morgan fingerprint density at radius 2 is 1.92 bits per heavy atom. The zero-order valence-electron chi connectivity index (χ0n) is 14.6. The number of para-hydroxylation sites is 1. The van der Waals surface area contributed by atoms with Gasteiger partial charge < -0.3 is 20.1 Å². The van der Waals surface area contributed by atoms with Crippen LogP contribution in [-0.2, 0) is 9.59 Å². The number of hydrogen-bond acceptors (Lipinski definition) is 5. The lowest BCUT2D eigenvalue weighted by molar-refractivity contribution is -0.122. The van der Waals surface area contributed by atoms with Crippen LogP contribution in [0.2, 0.25) is 0 Å². The lowest BCUT2D eigenvalue weighted by atomic mass is 10.1. The first-order chi connectivity index (χ1) is 12.5. The van der Waals surface area contributed by atoms with Crippen molar-refractivity contribution >= 4 is 29.3 Å². The molecule has 2 aromatic rings. The third-order valence-corrected chi connectivity index (χ3v) is 5.50. The summed E-state index contributed by atoms with van der Waals surface area (Å²) >= 11 is 1.59. The molecule has 6 nitrogen and oxygen atoms in total. The molecule has 1 aliphatic rings. The molecule has 2 amide bonds. The SMILES string of the molecule is COc1ccc(C2CC(=O)N(CC(N)=O)c3ccccc3S2)cc1OC. The Bertz CT molecular complexity index is 840. The van der Waals surface area contributed by atoms with Gasteiger partial charge in [0, 0.05) is 16.6 Å². The fourth-order valence-electron chi connectivity index (χ4n) is 2.95. The van der Waals surface area contributed by atoms with Gasteiger partial charge in [-0.15, -0.1) is 11.8 Å². The highest BCUT2D eigenvalue weighted by Gasteiger charge is 2.30. The molecule has 2 aromatic carbocycles. The number of anilines is 1. The van der Waals surface area contributed by atoms with Crippen LogP contribution in [0, 0.1) is 0 Å². The number of amides is 2. The van der Waals surface area contributed by atoms with Crippen molar-refractivity contribution in [3.8, 4) is 11.5 Å². The van der Waals surface area contributed by atoms with E-state index in [1.807, 2.05) is 42.5 Å². The number of benzene rings is 2. The topological polar surface area (TPSA) is 81.9 Å². The second-order valence-electron chi connectivity index (χ2n) is 5.84. The highest BCUT2D eigenvalue weighted by molar-refractivity contribution is 7.99. The molecule has 0 radical (unpaired) electrons. The molecule has 0 aliphatic carbocycles. The number of methoxy groups -OCH3 is 2. The summed E-state index contributed by atoms with van der Waals surface area (Å²) in [5.74, 6) is 0.574. The lowest BCUT2D eigenvalue weighted by Crippen LogP contribution is -2.38. The number of ether oxygens (including phenoxy) is 2. The van der Waals surface area contributed by atoms with Crippen LogP contribution in [0.4, 0.5) is 5.69 Å². The van der Waals surface area contributed by atoms with Crippen LogP contribution in [0.5, 0.6) is 11.5 Å². The zero-order valence-corrected chi connectivity index (χ0v) is 15.4. The molecule has 0 saturated carbocycles. The molecule has 0 bridgehead atoms. The minimum absolute atomic E-state index is 0.110. The summed E-state index contributed by atoms with van der Waals surface area (Å²) in [6, 6.07) is 13.2. The van der Waals surface area contributed by atoms with E-state index in [1.54, 1.807) is 26.0 Å². The van der Waals surface area contributed by atoms with E-state index in [0.29, 0.717) is 17.2 Å². The van der Waals surface area contributed by atoms with Gasteiger partial charge >= 0.3 is 0 Å². The van der Waals surface area contributed by atoms with Crippen LogP contribution in [0.3, 0.4) is 0 Å². The van der Waals surface area contributed by atoms with Crippen molar-refractivity contribution in [3.05, 3.63) is 48.0 Å². The van der Waals surface area contributed by atoms with Crippen molar-refractivity contribution in [3.63, 3.8) is 0 Å². The van der Waals surface area contributed by atoms with E-state index in [0.717, 1.165) is 10.5 Å². The van der Waals surface area contributed by atoms with Gasteiger partial charge in [0.1, 0.15) is 6.54 Å². The summed E-state index contributed by atoms with van der Waals surface area (Å²) in [5, 5.41) is -0.110. The number of thioether (sulfide) groups is 1. The third-order valence-electron chi connectivity index (χ3n) is 4.18. The second-order valence-corrected chi connectivity index (χ2v) is 7.08. The normalized spacial score (nSPS) is 16.6. The van der Waals surface area contributed by atoms with Gasteiger partial charge in [0.2, 0.25) is 11.8 Å². The Morgan fingerprint density at radius 1 is 1.19 bits per heavy atom. The number of nitrogens with zero attached hydrogens (tertiary/aromatic N) is 1. The van der Waals surface area contributed by atoms with Crippen molar-refractivity contribution in [2.45, 2.75) is 16.6 Å². The molecule has 1 unspecified atom stereocenters. The van der Waals surface area contributed by atoms with Gasteiger partial charge in [0.05, 0.1) is 19.9 Å². The van der Waals surface area contributed by atoms with Gasteiger partial charge in [-0.3, -0.25) is 9.59 Å². The molecule has 0 saturated heterocycles. The fourth-order valence-corrected chi connectivity index (χ4v) is 4.22. The van der Waals surface area contributed by atoms with Crippen molar-refractivity contribution in [1.82, 2.24) is 0 Å². The first kappa shape index (κ1) is 18.1. The Balaban J connectivity index is 2.00. The maximum atomic E-state index is 12.8. The van der Waals surface area contributed by atoms with E-state index in [9.17, 15) is 9.59 Å². The molecular weight excluding hydrogens is 352 g/mol. The molecule has 2 N–H and O–H groups in total. The predicted molar refractivity (Wildman–Crippen MR) is 101 cm³/mol. The highest BCUT2D eigenvalue weighted by Crippen LogP contribution is 2.46. The number of nitrogens with two attached hydrogens (primary N) is 1. The van der Waals surface area contributed by atoms with Crippen LogP contribution in [0.1, 0.15) is 17.2 Å². The minimum atomic E-state index is -0.539. The van der Waals surface area contributed by atoms with Gasteiger partial charge in [-0.1, -0.05) is 18.2 Å². The van der Waals surface area contributed by atoms with E-state index in [-0.39, 0.29) is 24.1 Å². The van der Waals surface area contributed by atoms with Crippen molar-refractivity contribution in [2.24, 2.45) is 5.73 Å². The summed E-state index contributed by atoms with van der Waals surface area (Å²) < 4.78 is 10.7. The molecule has 0 fully saturated rings. The number of carbonyl (C=O) groups excluding carboxylic acids is 2. The monoisotopic (exact) mass is 372 g/mol. The summed E-state index contributed by atoms with van der Waals surface area (Å²) in [4.78, 5) is 26.6. The summed E-state index contributed by atoms with van der Waals surface area (Å²) in [7, 11) is 3.16. The Hall–Kier alpha value is -2.67. The molecule has 1 aliphatic heterocycles. The average molecular weight is 372 g/mol. The van der Waals surface area contributed by atoms with Gasteiger partial charge in [-0.2, -0.15) is 0 Å². The number of primary amides is 1. The van der Waals surface area contributed by atoms with E-state index in [4.69, 9.17) is 15.2 Å². The molecular formula is C19H20N2O4S. The largest absolute Gasteiger partial charge is 0.493 e. The van der Waals surface area contributed by atoms with Crippen LogP contribution < -0.4 is 20.1 Å². The molecule has 0 spiro atoms. The van der Waals surface area contributed by atoms with Crippen LogP contribution >= 0.6 is 11.8 Å². The Kier molecular flexibility index (Phi) is 5.37. The summed E-state index contributed by atoms with van der Waals surface area (Å²) in [5.41, 5.74) is 7.01. The molecule has 1 atom stereocenters. The van der Waals surface area contributed by atoms with Crippen molar-refractivity contribution in [1.29, 1.82) is 0 Å². The maximum absolute atomic E-state index is 12.8. The van der Waals surface area contributed by atoms with Crippen molar-refractivity contribution in [2.75, 3.05) is 25.7 Å². The highest BCUT2D eigenvalue weighted by atomic mass is 32.2. The molecule has 3 rings (SSSR count). The third kappa shape index (κ3) is 3.62. The molecule has 136 valence electrons. The fraction of sp³-hybridized carbons (Fsp3) is 0.263. The van der Waals surface area contributed by atoms with Gasteiger partial charge in [-0.25, -0.2) is 0 Å². The van der Waals surface area contributed by atoms with Crippen LogP contribution in [0.15, 0.2) is 47.4 Å².